The lowest BCUT2D eigenvalue weighted by atomic mass is 9.69. The third-order valence-corrected chi connectivity index (χ3v) is 16.1. The van der Waals surface area contributed by atoms with Crippen LogP contribution in [0, 0.1) is 51.8 Å². The van der Waals surface area contributed by atoms with E-state index in [0.717, 1.165) is 54.2 Å². The maximum absolute atomic E-state index is 13.2. The number of benzene rings is 5. The highest BCUT2D eigenvalue weighted by Crippen LogP contribution is 2.44. The van der Waals surface area contributed by atoms with Crippen molar-refractivity contribution in [3.05, 3.63) is 174 Å². The van der Waals surface area contributed by atoms with Crippen LogP contribution in [0.2, 0.25) is 0 Å². The fourth-order valence-electron chi connectivity index (χ4n) is 11.6. The van der Waals surface area contributed by atoms with Crippen molar-refractivity contribution in [1.82, 2.24) is 21.3 Å². The lowest BCUT2D eigenvalue weighted by molar-refractivity contribution is -0.385. The second-order valence-corrected chi connectivity index (χ2v) is 21.7. The van der Waals surface area contributed by atoms with Crippen LogP contribution in [-0.4, -0.2) is 69.0 Å². The van der Waals surface area contributed by atoms with E-state index in [-0.39, 0.29) is 55.2 Å². The maximum Gasteiger partial charge on any atom is 0.319 e. The summed E-state index contributed by atoms with van der Waals surface area (Å²) in [6.45, 7) is 3.34. The number of carbonyl (C=O) groups is 6. The van der Waals surface area contributed by atoms with Gasteiger partial charge in [0.25, 0.3) is 23.2 Å². The Bertz CT molecular complexity index is 3040. The Balaban J connectivity index is 0.000000236. The van der Waals surface area contributed by atoms with Crippen molar-refractivity contribution in [2.45, 2.75) is 135 Å². The number of amides is 6. The largest absolute Gasteiger partial charge is 0.481 e. The molecule has 0 heterocycles. The molecule has 0 radical (unpaired) electrons. The van der Waals surface area contributed by atoms with Gasteiger partial charge in [0.05, 0.1) is 34.8 Å². The lowest BCUT2D eigenvalue weighted by Crippen LogP contribution is -2.38. The molecule has 0 bridgehead atoms. The van der Waals surface area contributed by atoms with E-state index >= 15 is 0 Å². The van der Waals surface area contributed by atoms with Crippen LogP contribution in [-0.2, 0) is 9.59 Å². The number of anilines is 2. The summed E-state index contributed by atoms with van der Waals surface area (Å²) in [6, 6.07) is 29.2. The van der Waals surface area contributed by atoms with Gasteiger partial charge in [0.2, 0.25) is 0 Å². The number of rotatable bonds is 20. The summed E-state index contributed by atoms with van der Waals surface area (Å²) in [7, 11) is 0. The van der Waals surface area contributed by atoms with Crippen molar-refractivity contribution in [3.63, 3.8) is 0 Å². The minimum absolute atomic E-state index is 0.0186. The zero-order valence-corrected chi connectivity index (χ0v) is 46.5. The maximum atomic E-state index is 13.2. The van der Waals surface area contributed by atoms with Gasteiger partial charge in [-0.2, -0.15) is 0 Å². The molecule has 0 spiro atoms. The molecular weight excluding hydrogens is 1050 g/mol. The molecule has 2 atom stereocenters. The molecule has 82 heavy (non-hydrogen) atoms. The standard InChI is InChI=1S/C31H40N4O6.C31H34N4O6/c2*1-20-7-16-26(19-27(20)35(40)41)33-31(39)34-29(23-10-8-22(9-11-23)21-5-3-2-4-6-21)24-12-14-25(15-13-24)30(38)32-18-17-28(36)37/h7,12-16,19,21-23,29H,2-6,8-11,17-18H2,1H3,(H,32,38)(H,36,37)(H2,33,34,39);7-16,19,21,29H,2-6,17-18H2,1H3,(H,32,38)(H,36,37)(H2,33,34,39). The smallest absolute Gasteiger partial charge is 0.319 e. The van der Waals surface area contributed by atoms with Crippen LogP contribution in [0.1, 0.15) is 175 Å². The van der Waals surface area contributed by atoms with E-state index in [0.29, 0.717) is 39.5 Å². The number of nitro groups is 2. The lowest BCUT2D eigenvalue weighted by Gasteiger charge is -2.38. The Kier molecular flexibility index (Phi) is 22.1. The first-order valence-corrected chi connectivity index (χ1v) is 28.4. The van der Waals surface area contributed by atoms with Crippen molar-refractivity contribution in [3.8, 4) is 0 Å². The Labute approximate surface area is 476 Å². The molecule has 6 amide bonds. The molecule has 0 saturated heterocycles. The number of hydrogen-bond acceptors (Lipinski definition) is 10. The van der Waals surface area contributed by atoms with E-state index in [2.05, 4.69) is 44.0 Å². The highest BCUT2D eigenvalue weighted by atomic mass is 16.6. The summed E-state index contributed by atoms with van der Waals surface area (Å²) in [5.41, 5.74) is 5.98. The first kappa shape index (κ1) is 61.0. The first-order chi connectivity index (χ1) is 39.4. The molecule has 8 rings (SSSR count). The van der Waals surface area contributed by atoms with Crippen LogP contribution in [0.5, 0.6) is 0 Å². The van der Waals surface area contributed by atoms with Gasteiger partial charge in [-0.25, -0.2) is 9.59 Å². The fraction of sp³-hybridized carbons (Fsp3) is 0.419. The van der Waals surface area contributed by atoms with Crippen molar-refractivity contribution in [2.75, 3.05) is 23.7 Å². The van der Waals surface area contributed by atoms with Crippen molar-refractivity contribution in [1.29, 1.82) is 0 Å². The molecule has 0 aliphatic heterocycles. The monoisotopic (exact) mass is 1120 g/mol. The van der Waals surface area contributed by atoms with Crippen LogP contribution < -0.4 is 31.9 Å². The number of nitrogens with zero attached hydrogens (tertiary/aromatic N) is 2. The Morgan fingerprint density at radius 1 is 0.512 bits per heavy atom. The highest BCUT2D eigenvalue weighted by molar-refractivity contribution is 5.95. The highest BCUT2D eigenvalue weighted by Gasteiger charge is 2.34. The number of urea groups is 2. The molecule has 5 aromatic carbocycles. The number of carboxylic acids is 2. The minimum atomic E-state index is -0.998. The van der Waals surface area contributed by atoms with Gasteiger partial charge < -0.3 is 42.1 Å². The second kappa shape index (κ2) is 29.7. The molecule has 3 aliphatic rings. The molecule has 8 N–H and O–H groups in total. The third-order valence-electron chi connectivity index (χ3n) is 16.1. The van der Waals surface area contributed by atoms with E-state index in [1.54, 1.807) is 74.5 Å². The van der Waals surface area contributed by atoms with Crippen LogP contribution in [0.3, 0.4) is 0 Å². The van der Waals surface area contributed by atoms with Gasteiger partial charge in [-0.3, -0.25) is 39.4 Å². The summed E-state index contributed by atoms with van der Waals surface area (Å²) in [4.78, 5) is 94.3. The number of carboxylic acid groups (broad SMARTS) is 2. The van der Waals surface area contributed by atoms with E-state index in [9.17, 15) is 49.0 Å². The number of nitrogens with one attached hydrogen (secondary N) is 6. The molecular formula is C62H74N8O12. The van der Waals surface area contributed by atoms with Crippen LogP contribution >= 0.6 is 0 Å². The van der Waals surface area contributed by atoms with E-state index < -0.39 is 45.8 Å². The zero-order valence-electron chi connectivity index (χ0n) is 46.5. The predicted octanol–water partition coefficient (Wildman–Crippen LogP) is 12.4. The summed E-state index contributed by atoms with van der Waals surface area (Å²) in [5, 5.41) is 57.0. The first-order valence-electron chi connectivity index (χ1n) is 28.4. The van der Waals surface area contributed by atoms with Crippen molar-refractivity contribution < 1.29 is 48.8 Å². The molecule has 5 aromatic rings. The number of hydrogen-bond donors (Lipinski definition) is 8. The average Bonchev–Trinajstić information content (AvgIpc) is 3.54. The van der Waals surface area contributed by atoms with Gasteiger partial charge in [0.1, 0.15) is 0 Å². The Morgan fingerprint density at radius 2 is 0.927 bits per heavy atom. The molecule has 3 fully saturated rings. The van der Waals surface area contributed by atoms with E-state index in [4.69, 9.17) is 10.2 Å². The minimum Gasteiger partial charge on any atom is -0.481 e. The second-order valence-electron chi connectivity index (χ2n) is 21.7. The normalized spacial score (nSPS) is 17.0. The van der Waals surface area contributed by atoms with Crippen molar-refractivity contribution >= 4 is 58.6 Å². The number of carbonyl (C=O) groups excluding carboxylic acids is 4. The average molecular weight is 1120 g/mol. The Hall–Kier alpha value is -8.68. The van der Waals surface area contributed by atoms with Crippen LogP contribution in [0.25, 0.3) is 0 Å². The molecule has 3 saturated carbocycles. The number of aryl methyl sites for hydroxylation is 2. The summed E-state index contributed by atoms with van der Waals surface area (Å²) in [6.07, 6.45) is 16.6. The summed E-state index contributed by atoms with van der Waals surface area (Å²) >= 11 is 0. The quantitative estimate of drug-likeness (QED) is 0.0267. The predicted molar refractivity (Wildman–Crippen MR) is 311 cm³/mol. The summed E-state index contributed by atoms with van der Waals surface area (Å²) in [5.74, 6) is -0.450. The van der Waals surface area contributed by atoms with Gasteiger partial charge in [0.15, 0.2) is 0 Å². The molecule has 434 valence electrons. The molecule has 0 aromatic heterocycles. The van der Waals surface area contributed by atoms with Gasteiger partial charge in [-0.1, -0.05) is 112 Å². The fourth-order valence-corrected chi connectivity index (χ4v) is 11.6. The third kappa shape index (κ3) is 17.7. The zero-order chi connectivity index (χ0) is 58.7. The van der Waals surface area contributed by atoms with Crippen LogP contribution in [0.15, 0.2) is 109 Å². The number of nitro benzene ring substituents is 2. The van der Waals surface area contributed by atoms with Gasteiger partial charge >= 0.3 is 24.0 Å². The van der Waals surface area contributed by atoms with Crippen molar-refractivity contribution in [2.24, 2.45) is 17.8 Å². The Morgan fingerprint density at radius 3 is 1.38 bits per heavy atom. The molecule has 2 unspecified atom stereocenters. The van der Waals surface area contributed by atoms with E-state index in [1.165, 1.54) is 81.9 Å². The van der Waals surface area contributed by atoms with Crippen LogP contribution in [0.4, 0.5) is 32.3 Å². The molecule has 20 heteroatoms. The SMILES string of the molecule is Cc1ccc(NC(=O)NC(c2ccc(C(=O)NCCC(=O)O)cc2)C2CCC(C3CCCCC3)CC2)cc1[N+](=O)[O-].Cc1ccc(NC(=O)NC(c2ccc(C(=O)NCCC(=O)O)cc2)c2ccc(C3CCCCC3)cc2)cc1[N+](=O)[O-]. The van der Waals surface area contributed by atoms with Gasteiger partial charge in [0, 0.05) is 58.9 Å². The van der Waals surface area contributed by atoms with E-state index in [1.807, 2.05) is 24.3 Å². The molecule has 20 nitrogen and oxygen atoms in total. The molecule has 3 aliphatic carbocycles. The van der Waals surface area contributed by atoms with Gasteiger partial charge in [-0.15, -0.1) is 0 Å². The number of aliphatic carboxylic acids is 2. The van der Waals surface area contributed by atoms with Gasteiger partial charge in [-0.05, 0) is 135 Å². The summed E-state index contributed by atoms with van der Waals surface area (Å²) < 4.78 is 0. The topological polar surface area (TPSA) is 301 Å².